The summed E-state index contributed by atoms with van der Waals surface area (Å²) in [6.07, 6.45) is -0.959. The molecule has 1 heterocycles. The van der Waals surface area contributed by atoms with Crippen LogP contribution in [0.15, 0.2) is 0 Å². The highest BCUT2D eigenvalue weighted by Crippen LogP contribution is 2.02. The molecule has 0 aliphatic carbocycles. The third kappa shape index (κ3) is 10.0. The van der Waals surface area contributed by atoms with E-state index in [9.17, 15) is 28.8 Å². The minimum absolute atomic E-state index is 0.154. The monoisotopic (exact) mass is 406 g/mol. The molecule has 0 bridgehead atoms. The first-order chi connectivity index (χ1) is 13.2. The summed E-state index contributed by atoms with van der Waals surface area (Å²) < 4.78 is 0. The molecule has 1 aliphatic heterocycles. The summed E-state index contributed by atoms with van der Waals surface area (Å²) in [5.74, 6) is -6.73. The summed E-state index contributed by atoms with van der Waals surface area (Å²) in [5, 5.41) is 17.6. The molecule has 1 rings (SSSR count). The molecular weight excluding hydrogens is 388 g/mol. The van der Waals surface area contributed by atoms with Crippen molar-refractivity contribution in [3.63, 3.8) is 0 Å². The summed E-state index contributed by atoms with van der Waals surface area (Å²) in [5.41, 5.74) is 0. The minimum Gasteiger partial charge on any atom is -0.480 e. The Kier molecular flexibility index (Phi) is 9.32. The van der Waals surface area contributed by atoms with Crippen LogP contribution in [0, 0.1) is 0 Å². The fourth-order valence-electron chi connectivity index (χ4n) is 1.98. The Hall–Kier alpha value is -3.26. The first-order valence-electron chi connectivity index (χ1n) is 7.84. The van der Waals surface area contributed by atoms with Crippen LogP contribution < -0.4 is 0 Å². The molecule has 28 heavy (non-hydrogen) atoms. The van der Waals surface area contributed by atoms with E-state index in [1.54, 1.807) is 0 Å². The van der Waals surface area contributed by atoms with Gasteiger partial charge in [0.1, 0.15) is 13.1 Å². The molecule has 1 aliphatic rings. The number of carbonyl (C=O) groups excluding carboxylic acids is 4. The van der Waals surface area contributed by atoms with Crippen LogP contribution in [-0.4, -0.2) is 95.1 Å². The van der Waals surface area contributed by atoms with Gasteiger partial charge in [-0.25, -0.2) is 38.7 Å². The zero-order valence-electron chi connectivity index (χ0n) is 14.5. The van der Waals surface area contributed by atoms with Crippen molar-refractivity contribution in [2.45, 2.75) is 12.8 Å². The van der Waals surface area contributed by atoms with E-state index in [2.05, 4.69) is 19.6 Å². The Morgan fingerprint density at radius 2 is 1.18 bits per heavy atom. The number of carbonyl (C=O) groups is 6. The van der Waals surface area contributed by atoms with E-state index in [1.807, 2.05) is 0 Å². The second-order valence-corrected chi connectivity index (χ2v) is 5.53. The van der Waals surface area contributed by atoms with Crippen LogP contribution in [0.25, 0.3) is 0 Å². The first-order valence-corrected chi connectivity index (χ1v) is 7.84. The van der Waals surface area contributed by atoms with Gasteiger partial charge in [0.25, 0.3) is 0 Å². The summed E-state index contributed by atoms with van der Waals surface area (Å²) in [4.78, 5) is 86.7. The van der Waals surface area contributed by atoms with Crippen LogP contribution in [0.5, 0.6) is 0 Å². The van der Waals surface area contributed by atoms with Gasteiger partial charge in [-0.2, -0.15) is 0 Å². The van der Waals surface area contributed by atoms with Crippen molar-refractivity contribution < 1.29 is 58.5 Å². The fourth-order valence-corrected chi connectivity index (χ4v) is 1.98. The van der Waals surface area contributed by atoms with Crippen LogP contribution in [0.1, 0.15) is 12.8 Å². The molecule has 0 aromatic carbocycles. The van der Waals surface area contributed by atoms with Gasteiger partial charge in [0, 0.05) is 13.1 Å². The first kappa shape index (κ1) is 22.8. The van der Waals surface area contributed by atoms with Crippen molar-refractivity contribution in [1.82, 2.24) is 9.80 Å². The number of hydrogen-bond acceptors (Lipinski definition) is 12. The zero-order chi connectivity index (χ0) is 21.1. The van der Waals surface area contributed by atoms with Gasteiger partial charge in [0.05, 0.1) is 25.9 Å². The average Bonchev–Trinajstić information content (AvgIpc) is 2.59. The lowest BCUT2D eigenvalue weighted by atomic mass is 10.3. The number of hydrogen-bond donors (Lipinski definition) is 2. The molecule has 1 saturated heterocycles. The standard InChI is InChI=1S/C14H18N2O12/c17-9(18)5-15(6-10(19)20)3-4-16-7-13(23)27-25-11(21)1-2-12(22)26-28-14(24)8-16/h1-8H2,(H,17,18)(H,19,20). The largest absolute Gasteiger partial charge is 0.480 e. The molecule has 156 valence electrons. The number of aliphatic carboxylic acids is 2. The molecule has 2 N–H and O–H groups in total. The summed E-state index contributed by atoms with van der Waals surface area (Å²) >= 11 is 0. The van der Waals surface area contributed by atoms with Gasteiger partial charge < -0.3 is 10.2 Å². The fraction of sp³-hybridized carbons (Fsp3) is 0.571. The molecule has 0 radical (unpaired) electrons. The molecule has 1 fully saturated rings. The molecule has 0 saturated carbocycles. The third-order valence-corrected chi connectivity index (χ3v) is 3.14. The van der Waals surface area contributed by atoms with Gasteiger partial charge in [-0.05, 0) is 0 Å². The van der Waals surface area contributed by atoms with E-state index in [4.69, 9.17) is 10.2 Å². The topological polar surface area (TPSA) is 186 Å². The number of rotatable bonds is 7. The quantitative estimate of drug-likeness (QED) is 0.424. The van der Waals surface area contributed by atoms with E-state index >= 15 is 0 Å². The predicted molar refractivity (Wildman–Crippen MR) is 81.8 cm³/mol. The second kappa shape index (κ2) is 11.5. The van der Waals surface area contributed by atoms with Crippen LogP contribution in [0.2, 0.25) is 0 Å². The van der Waals surface area contributed by atoms with Crippen molar-refractivity contribution in [2.24, 2.45) is 0 Å². The zero-order valence-corrected chi connectivity index (χ0v) is 14.5. The van der Waals surface area contributed by atoms with Gasteiger partial charge in [-0.15, -0.1) is 0 Å². The third-order valence-electron chi connectivity index (χ3n) is 3.14. The lowest BCUT2D eigenvalue weighted by Gasteiger charge is -2.23. The lowest BCUT2D eigenvalue weighted by Crippen LogP contribution is -2.44. The van der Waals surface area contributed by atoms with E-state index in [0.29, 0.717) is 0 Å². The Bertz CT molecular complexity index is 584. The Labute approximate surface area is 157 Å². The van der Waals surface area contributed by atoms with Crippen molar-refractivity contribution in [3.05, 3.63) is 0 Å². The highest BCUT2D eigenvalue weighted by molar-refractivity contribution is 5.80. The van der Waals surface area contributed by atoms with Crippen LogP contribution in [0.3, 0.4) is 0 Å². The Morgan fingerprint density at radius 1 is 0.786 bits per heavy atom. The number of carboxylic acid groups (broad SMARTS) is 2. The minimum atomic E-state index is -1.27. The molecular formula is C14H18N2O12. The average molecular weight is 406 g/mol. The van der Waals surface area contributed by atoms with E-state index in [-0.39, 0.29) is 13.1 Å². The molecule has 0 aromatic rings. The molecule has 0 aromatic heterocycles. The molecule has 0 spiro atoms. The second-order valence-electron chi connectivity index (χ2n) is 5.53. The normalized spacial score (nSPS) is 17.3. The lowest BCUT2D eigenvalue weighted by molar-refractivity contribution is -0.260. The molecule has 14 heteroatoms. The number of carboxylic acids is 2. The van der Waals surface area contributed by atoms with Crippen molar-refractivity contribution in [2.75, 3.05) is 39.3 Å². The summed E-state index contributed by atoms with van der Waals surface area (Å²) in [6, 6.07) is 0. The SMILES string of the molecule is O=C(O)CN(CCN1CC(=O)OOC(=O)CCC(=O)OOC(=O)C1)CC(=O)O. The van der Waals surface area contributed by atoms with Crippen molar-refractivity contribution in [1.29, 1.82) is 0 Å². The molecule has 0 amide bonds. The van der Waals surface area contributed by atoms with Crippen LogP contribution in [0.4, 0.5) is 0 Å². The highest BCUT2D eigenvalue weighted by atomic mass is 17.2. The van der Waals surface area contributed by atoms with Gasteiger partial charge in [-0.3, -0.25) is 19.4 Å². The number of nitrogens with zero attached hydrogens (tertiary/aromatic N) is 2. The Balaban J connectivity index is 2.77. The van der Waals surface area contributed by atoms with E-state index in [1.165, 1.54) is 0 Å². The van der Waals surface area contributed by atoms with E-state index in [0.717, 1.165) is 9.80 Å². The summed E-state index contributed by atoms with van der Waals surface area (Å²) in [7, 11) is 0. The Morgan fingerprint density at radius 3 is 1.57 bits per heavy atom. The summed E-state index contributed by atoms with van der Waals surface area (Å²) in [6.45, 7) is -2.66. The maximum Gasteiger partial charge on any atom is 0.369 e. The van der Waals surface area contributed by atoms with Gasteiger partial charge in [0.15, 0.2) is 0 Å². The molecule has 0 unspecified atom stereocenters. The van der Waals surface area contributed by atoms with Gasteiger partial charge in [-0.1, -0.05) is 0 Å². The van der Waals surface area contributed by atoms with Crippen molar-refractivity contribution in [3.8, 4) is 0 Å². The molecule has 14 nitrogen and oxygen atoms in total. The van der Waals surface area contributed by atoms with Crippen molar-refractivity contribution >= 4 is 35.8 Å². The van der Waals surface area contributed by atoms with E-state index < -0.39 is 74.8 Å². The predicted octanol–water partition coefficient (Wildman–Crippen LogP) is -2.44. The maximum atomic E-state index is 11.7. The molecule has 0 atom stereocenters. The van der Waals surface area contributed by atoms with Gasteiger partial charge >= 0.3 is 35.8 Å². The maximum absolute atomic E-state index is 11.7. The smallest absolute Gasteiger partial charge is 0.369 e. The van der Waals surface area contributed by atoms with Crippen LogP contribution in [-0.2, 0) is 48.3 Å². The highest BCUT2D eigenvalue weighted by Gasteiger charge is 2.23. The van der Waals surface area contributed by atoms with Gasteiger partial charge in [0.2, 0.25) is 0 Å². The van der Waals surface area contributed by atoms with Crippen LogP contribution >= 0.6 is 0 Å².